The van der Waals surface area contributed by atoms with Crippen molar-refractivity contribution in [1.82, 2.24) is 5.32 Å². The van der Waals surface area contributed by atoms with Gasteiger partial charge < -0.3 is 15.5 Å². The quantitative estimate of drug-likeness (QED) is 0.880. The summed E-state index contributed by atoms with van der Waals surface area (Å²) in [5.74, 6) is 0.0976. The van der Waals surface area contributed by atoms with E-state index < -0.39 is 0 Å². The van der Waals surface area contributed by atoms with Crippen LogP contribution in [0, 0.1) is 0 Å². The second kappa shape index (κ2) is 7.02. The summed E-state index contributed by atoms with van der Waals surface area (Å²) in [6, 6.07) is 8.78. The van der Waals surface area contributed by atoms with Crippen LogP contribution >= 0.6 is 22.9 Å². The van der Waals surface area contributed by atoms with Gasteiger partial charge in [-0.25, -0.2) is 4.79 Å². The van der Waals surface area contributed by atoms with Gasteiger partial charge in [-0.15, -0.1) is 11.3 Å². The lowest BCUT2D eigenvalue weighted by Gasteiger charge is -2.17. The lowest BCUT2D eigenvalue weighted by atomic mass is 10.2. The predicted octanol–water partition coefficient (Wildman–Crippen LogP) is 3.85. The van der Waals surface area contributed by atoms with Gasteiger partial charge in [0.15, 0.2) is 0 Å². The lowest BCUT2D eigenvalue weighted by molar-refractivity contribution is -0.117. The van der Waals surface area contributed by atoms with E-state index in [0.717, 1.165) is 17.0 Å². The Morgan fingerprint density at radius 1 is 1.35 bits per heavy atom. The van der Waals surface area contributed by atoms with Crippen molar-refractivity contribution < 1.29 is 9.59 Å². The molecule has 1 aromatic heterocycles. The van der Waals surface area contributed by atoms with Crippen LogP contribution in [0.3, 0.4) is 0 Å². The molecule has 3 rings (SSSR count). The highest BCUT2D eigenvalue weighted by atomic mass is 35.5. The average molecular weight is 350 g/mol. The number of thiophene rings is 1. The first-order chi connectivity index (χ1) is 11.1. The fraction of sp³-hybridized carbons (Fsp3) is 0.250. The van der Waals surface area contributed by atoms with Gasteiger partial charge in [0.25, 0.3) is 0 Å². The maximum absolute atomic E-state index is 12.0. The number of nitrogens with one attached hydrogen (secondary N) is 2. The van der Waals surface area contributed by atoms with E-state index in [0.29, 0.717) is 30.2 Å². The fourth-order valence-corrected chi connectivity index (χ4v) is 3.25. The number of anilines is 2. The van der Waals surface area contributed by atoms with Gasteiger partial charge >= 0.3 is 6.03 Å². The van der Waals surface area contributed by atoms with Crippen molar-refractivity contribution in [1.29, 1.82) is 0 Å². The fourth-order valence-electron chi connectivity index (χ4n) is 2.45. The topological polar surface area (TPSA) is 61.4 Å². The molecule has 3 amide bonds. The van der Waals surface area contributed by atoms with Crippen LogP contribution in [0.25, 0.3) is 0 Å². The van der Waals surface area contributed by atoms with E-state index in [4.69, 9.17) is 11.6 Å². The second-order valence-corrected chi connectivity index (χ2v) is 6.64. The molecular formula is C16H16ClN3O2S. The zero-order valence-corrected chi connectivity index (χ0v) is 13.9. The molecule has 0 atom stereocenters. The van der Waals surface area contributed by atoms with Crippen molar-refractivity contribution in [2.45, 2.75) is 19.4 Å². The third-order valence-electron chi connectivity index (χ3n) is 3.59. The minimum Gasteiger partial charge on any atom is -0.333 e. The number of carbonyl (C=O) groups excluding carboxylic acids is 2. The highest BCUT2D eigenvalue weighted by Gasteiger charge is 2.22. The number of halogens is 1. The summed E-state index contributed by atoms with van der Waals surface area (Å²) in [7, 11) is 0. The first-order valence-corrected chi connectivity index (χ1v) is 8.56. The summed E-state index contributed by atoms with van der Waals surface area (Å²) >= 11 is 7.72. The molecule has 1 aromatic carbocycles. The Hall–Kier alpha value is -2.05. The number of amides is 3. The molecule has 120 valence electrons. The molecule has 0 aliphatic carbocycles. The van der Waals surface area contributed by atoms with E-state index in [1.165, 1.54) is 0 Å². The Bertz CT molecular complexity index is 718. The van der Waals surface area contributed by atoms with Crippen molar-refractivity contribution >= 4 is 46.3 Å². The summed E-state index contributed by atoms with van der Waals surface area (Å²) in [6.45, 7) is 1.16. The summed E-state index contributed by atoms with van der Waals surface area (Å²) in [5, 5.41) is 7.91. The van der Waals surface area contributed by atoms with Gasteiger partial charge in [0, 0.05) is 23.5 Å². The molecule has 0 spiro atoms. The summed E-state index contributed by atoms with van der Waals surface area (Å²) in [4.78, 5) is 26.6. The van der Waals surface area contributed by atoms with Crippen molar-refractivity contribution in [2.75, 3.05) is 16.8 Å². The van der Waals surface area contributed by atoms with Crippen LogP contribution in [-0.2, 0) is 11.3 Å². The average Bonchev–Trinajstić information content (AvgIpc) is 3.19. The van der Waals surface area contributed by atoms with Crippen molar-refractivity contribution in [3.8, 4) is 0 Å². The molecule has 0 unspecified atom stereocenters. The SMILES string of the molecule is O=C(NCc1cccs1)Nc1cc(N2CCCC2=O)ccc1Cl. The number of nitrogens with zero attached hydrogens (tertiary/aromatic N) is 1. The van der Waals surface area contributed by atoms with Crippen molar-refractivity contribution in [2.24, 2.45) is 0 Å². The number of carbonyl (C=O) groups is 2. The minimum atomic E-state index is -0.329. The molecule has 1 fully saturated rings. The first kappa shape index (κ1) is 15.8. The summed E-state index contributed by atoms with van der Waals surface area (Å²) in [6.07, 6.45) is 1.41. The van der Waals surface area contributed by atoms with Gasteiger partial charge in [0.1, 0.15) is 0 Å². The molecule has 1 aliphatic rings. The number of benzene rings is 1. The minimum absolute atomic E-state index is 0.0976. The van der Waals surface area contributed by atoms with Crippen LogP contribution in [0.2, 0.25) is 5.02 Å². The highest BCUT2D eigenvalue weighted by Crippen LogP contribution is 2.29. The summed E-state index contributed by atoms with van der Waals surface area (Å²) in [5.41, 5.74) is 1.25. The normalized spacial score (nSPS) is 14.1. The van der Waals surface area contributed by atoms with Crippen LogP contribution in [0.4, 0.5) is 16.2 Å². The Labute approximate surface area is 143 Å². The Morgan fingerprint density at radius 3 is 2.91 bits per heavy atom. The number of hydrogen-bond acceptors (Lipinski definition) is 3. The third-order valence-corrected chi connectivity index (χ3v) is 4.79. The largest absolute Gasteiger partial charge is 0.333 e. The molecule has 0 radical (unpaired) electrons. The van der Waals surface area contributed by atoms with Crippen LogP contribution in [0.1, 0.15) is 17.7 Å². The van der Waals surface area contributed by atoms with Gasteiger partial charge in [0.05, 0.1) is 17.3 Å². The maximum Gasteiger partial charge on any atom is 0.319 e. The molecule has 5 nitrogen and oxygen atoms in total. The first-order valence-electron chi connectivity index (χ1n) is 7.30. The van der Waals surface area contributed by atoms with Crippen LogP contribution in [0.5, 0.6) is 0 Å². The predicted molar refractivity (Wildman–Crippen MR) is 93.2 cm³/mol. The molecule has 2 N–H and O–H groups in total. The van der Waals surface area contributed by atoms with E-state index in [2.05, 4.69) is 10.6 Å². The van der Waals surface area contributed by atoms with Crippen molar-refractivity contribution in [3.05, 3.63) is 45.6 Å². The van der Waals surface area contributed by atoms with Crippen LogP contribution in [0.15, 0.2) is 35.7 Å². The third kappa shape index (κ3) is 3.83. The molecule has 0 saturated carbocycles. The number of urea groups is 1. The van der Waals surface area contributed by atoms with E-state index in [1.807, 2.05) is 17.5 Å². The molecule has 23 heavy (non-hydrogen) atoms. The Morgan fingerprint density at radius 2 is 2.22 bits per heavy atom. The van der Waals surface area contributed by atoms with Gasteiger partial charge in [0.2, 0.25) is 5.91 Å². The summed E-state index contributed by atoms with van der Waals surface area (Å²) < 4.78 is 0. The van der Waals surface area contributed by atoms with Gasteiger partial charge in [-0.3, -0.25) is 4.79 Å². The Balaban J connectivity index is 1.66. The van der Waals surface area contributed by atoms with Crippen molar-refractivity contribution in [3.63, 3.8) is 0 Å². The zero-order chi connectivity index (χ0) is 16.2. The molecule has 1 aliphatic heterocycles. The molecule has 2 aromatic rings. The molecular weight excluding hydrogens is 334 g/mol. The van der Waals surface area contributed by atoms with Gasteiger partial charge in [-0.05, 0) is 36.1 Å². The zero-order valence-electron chi connectivity index (χ0n) is 12.3. The highest BCUT2D eigenvalue weighted by molar-refractivity contribution is 7.09. The standard InChI is InChI=1S/C16H16ClN3O2S/c17-13-6-5-11(20-7-1-4-15(20)21)9-14(13)19-16(22)18-10-12-3-2-8-23-12/h2-3,5-6,8-9H,1,4,7,10H2,(H2,18,19,22). The van der Waals surface area contributed by atoms with Gasteiger partial charge in [-0.1, -0.05) is 17.7 Å². The monoisotopic (exact) mass is 349 g/mol. The molecule has 2 heterocycles. The van der Waals surface area contributed by atoms with E-state index in [1.54, 1.807) is 34.4 Å². The maximum atomic E-state index is 12.0. The van der Waals surface area contributed by atoms with E-state index >= 15 is 0 Å². The smallest absolute Gasteiger partial charge is 0.319 e. The molecule has 7 heteroatoms. The van der Waals surface area contributed by atoms with Crippen LogP contribution in [-0.4, -0.2) is 18.5 Å². The van der Waals surface area contributed by atoms with Gasteiger partial charge in [-0.2, -0.15) is 0 Å². The Kier molecular flexibility index (Phi) is 4.83. The molecule has 0 bridgehead atoms. The number of hydrogen-bond donors (Lipinski definition) is 2. The molecule has 1 saturated heterocycles. The van der Waals surface area contributed by atoms with Crippen LogP contribution < -0.4 is 15.5 Å². The second-order valence-electron chi connectivity index (χ2n) is 5.20. The van der Waals surface area contributed by atoms with E-state index in [9.17, 15) is 9.59 Å². The lowest BCUT2D eigenvalue weighted by Crippen LogP contribution is -2.28. The van der Waals surface area contributed by atoms with E-state index in [-0.39, 0.29) is 11.9 Å². The number of rotatable bonds is 4.